The fourth-order valence-electron chi connectivity index (χ4n) is 4.98. The Kier molecular flexibility index (Phi) is 7.09. The van der Waals surface area contributed by atoms with E-state index in [4.69, 9.17) is 23.2 Å². The molecule has 0 spiro atoms. The molecule has 4 nitrogen and oxygen atoms in total. The lowest BCUT2D eigenvalue weighted by Gasteiger charge is -2.36. The van der Waals surface area contributed by atoms with Gasteiger partial charge >= 0.3 is 0 Å². The molecule has 4 rings (SSSR count). The quantitative estimate of drug-likeness (QED) is 0.427. The summed E-state index contributed by atoms with van der Waals surface area (Å²) in [4.78, 5) is 15.7. The molecule has 0 radical (unpaired) electrons. The number of carbonyl (C=O) groups excluding carboxylic acids is 1. The van der Waals surface area contributed by atoms with Crippen molar-refractivity contribution in [3.8, 4) is 0 Å². The summed E-state index contributed by atoms with van der Waals surface area (Å²) in [6.07, 6.45) is 3.68. The van der Waals surface area contributed by atoms with Gasteiger partial charge in [-0.25, -0.2) is 0 Å². The minimum Gasteiger partial charge on any atom is -0.362 e. The maximum Gasteiger partial charge on any atom is 0.163 e. The number of halogens is 2. The van der Waals surface area contributed by atoms with Gasteiger partial charge in [0.1, 0.15) is 0 Å². The standard InChI is InChI=1S/C27H33Cl2N3O/c1-5-6-11-30-16-17-7-10-23-21(12-17)31-22-14-27(2,3)15-24(33)25(22)26(32(23)4)19-9-8-18(28)13-20(19)29/h7-10,12-13,26,30-31H,5-6,11,14-16H2,1-4H3. The molecular formula is C27H33Cl2N3O. The van der Waals surface area contributed by atoms with Crippen LogP contribution in [0.2, 0.25) is 10.0 Å². The van der Waals surface area contributed by atoms with Crippen LogP contribution >= 0.6 is 23.2 Å². The molecule has 0 bridgehead atoms. The summed E-state index contributed by atoms with van der Waals surface area (Å²) >= 11 is 12.9. The summed E-state index contributed by atoms with van der Waals surface area (Å²) in [6, 6.07) is 11.8. The van der Waals surface area contributed by atoms with Crippen LogP contribution in [0.3, 0.4) is 0 Å². The number of allylic oxidation sites excluding steroid dienone is 1. The van der Waals surface area contributed by atoms with Crippen molar-refractivity contribution in [2.24, 2.45) is 5.41 Å². The predicted octanol–water partition coefficient (Wildman–Crippen LogP) is 7.13. The molecule has 1 aliphatic carbocycles. The third kappa shape index (κ3) is 5.08. The predicted molar refractivity (Wildman–Crippen MR) is 139 cm³/mol. The van der Waals surface area contributed by atoms with E-state index in [9.17, 15) is 4.79 Å². The van der Waals surface area contributed by atoms with E-state index in [-0.39, 0.29) is 17.2 Å². The topological polar surface area (TPSA) is 44.4 Å². The number of hydrogen-bond donors (Lipinski definition) is 2. The van der Waals surface area contributed by atoms with Crippen molar-refractivity contribution >= 4 is 40.4 Å². The van der Waals surface area contributed by atoms with Gasteiger partial charge in [-0.05, 0) is 60.2 Å². The second-order valence-corrected chi connectivity index (χ2v) is 10.9. The average molecular weight is 486 g/mol. The summed E-state index contributed by atoms with van der Waals surface area (Å²) < 4.78 is 0. The van der Waals surface area contributed by atoms with Crippen LogP contribution in [0.25, 0.3) is 0 Å². The highest BCUT2D eigenvalue weighted by atomic mass is 35.5. The van der Waals surface area contributed by atoms with Gasteiger partial charge in [-0.2, -0.15) is 0 Å². The molecule has 1 heterocycles. The Morgan fingerprint density at radius 1 is 1.15 bits per heavy atom. The van der Waals surface area contributed by atoms with E-state index in [0.717, 1.165) is 47.7 Å². The number of ketones is 1. The van der Waals surface area contributed by atoms with Gasteiger partial charge in [0.2, 0.25) is 0 Å². The van der Waals surface area contributed by atoms with Crippen LogP contribution in [0, 0.1) is 5.41 Å². The Morgan fingerprint density at radius 2 is 1.94 bits per heavy atom. The lowest BCUT2D eigenvalue weighted by Crippen LogP contribution is -2.34. The highest BCUT2D eigenvalue weighted by molar-refractivity contribution is 6.35. The third-order valence-electron chi connectivity index (χ3n) is 6.60. The van der Waals surface area contributed by atoms with E-state index in [0.29, 0.717) is 16.5 Å². The van der Waals surface area contributed by atoms with Crippen LogP contribution in [0.5, 0.6) is 0 Å². The van der Waals surface area contributed by atoms with E-state index >= 15 is 0 Å². The molecule has 0 aromatic heterocycles. The fraction of sp³-hybridized carbons (Fsp3) is 0.444. The van der Waals surface area contributed by atoms with Crippen LogP contribution in [-0.4, -0.2) is 19.4 Å². The first-order valence-corrected chi connectivity index (χ1v) is 12.5. The monoisotopic (exact) mass is 485 g/mol. The lowest BCUT2D eigenvalue weighted by atomic mass is 9.73. The SMILES string of the molecule is CCCCNCc1ccc2c(c1)NC1=C(C(=O)CC(C)(C)C1)C(c1ccc(Cl)cc1Cl)N2C. The van der Waals surface area contributed by atoms with Gasteiger partial charge in [-0.3, -0.25) is 4.79 Å². The van der Waals surface area contributed by atoms with Gasteiger partial charge in [0, 0.05) is 41.3 Å². The number of rotatable bonds is 6. The minimum absolute atomic E-state index is 0.0976. The van der Waals surface area contributed by atoms with E-state index in [1.807, 2.05) is 19.2 Å². The van der Waals surface area contributed by atoms with E-state index in [2.05, 4.69) is 54.5 Å². The number of benzene rings is 2. The Bertz CT molecular complexity index is 1090. The zero-order chi connectivity index (χ0) is 23.8. The normalized spacial score (nSPS) is 19.6. The highest BCUT2D eigenvalue weighted by Gasteiger charge is 2.41. The third-order valence-corrected chi connectivity index (χ3v) is 7.16. The highest BCUT2D eigenvalue weighted by Crippen LogP contribution is 2.49. The second kappa shape index (κ2) is 9.69. The number of fused-ring (bicyclic) bond motifs is 1. The summed E-state index contributed by atoms with van der Waals surface area (Å²) in [5.41, 5.74) is 5.89. The Hall–Kier alpha value is -2.01. The van der Waals surface area contributed by atoms with Gasteiger partial charge in [0.25, 0.3) is 0 Å². The number of unbranched alkanes of at least 4 members (excludes halogenated alkanes) is 1. The smallest absolute Gasteiger partial charge is 0.163 e. The molecule has 33 heavy (non-hydrogen) atoms. The second-order valence-electron chi connectivity index (χ2n) is 10.0. The number of Topliss-reactive ketones (excluding diaryl/α,β-unsaturated/α-hetero) is 1. The Balaban J connectivity index is 1.80. The van der Waals surface area contributed by atoms with Gasteiger partial charge in [0.05, 0.1) is 17.4 Å². The number of nitrogens with zero attached hydrogens (tertiary/aromatic N) is 1. The Morgan fingerprint density at radius 3 is 2.67 bits per heavy atom. The molecule has 0 saturated heterocycles. The molecule has 1 atom stereocenters. The van der Waals surface area contributed by atoms with Gasteiger partial charge in [-0.1, -0.05) is 62.5 Å². The van der Waals surface area contributed by atoms with Crippen molar-refractivity contribution < 1.29 is 4.79 Å². The zero-order valence-corrected chi connectivity index (χ0v) is 21.4. The van der Waals surface area contributed by atoms with E-state index in [1.54, 1.807) is 6.07 Å². The molecular weight excluding hydrogens is 453 g/mol. The molecule has 2 aliphatic rings. The first-order chi connectivity index (χ1) is 15.7. The van der Waals surface area contributed by atoms with Crippen LogP contribution in [0.1, 0.15) is 63.6 Å². The average Bonchev–Trinajstić information content (AvgIpc) is 2.84. The molecule has 2 aromatic carbocycles. The van der Waals surface area contributed by atoms with Crippen LogP contribution in [0.4, 0.5) is 11.4 Å². The van der Waals surface area contributed by atoms with Crippen molar-refractivity contribution in [1.82, 2.24) is 5.32 Å². The molecule has 0 amide bonds. The Labute approximate surface area is 207 Å². The summed E-state index contributed by atoms with van der Waals surface area (Å²) in [6.45, 7) is 8.34. The van der Waals surface area contributed by atoms with Crippen LogP contribution in [-0.2, 0) is 11.3 Å². The number of carbonyl (C=O) groups is 1. The van der Waals surface area contributed by atoms with Crippen molar-refractivity contribution in [2.75, 3.05) is 23.8 Å². The van der Waals surface area contributed by atoms with Crippen molar-refractivity contribution in [3.63, 3.8) is 0 Å². The first kappa shape index (κ1) is 24.1. The number of anilines is 2. The van der Waals surface area contributed by atoms with E-state index < -0.39 is 0 Å². The van der Waals surface area contributed by atoms with Crippen LogP contribution < -0.4 is 15.5 Å². The molecule has 6 heteroatoms. The zero-order valence-electron chi connectivity index (χ0n) is 19.9. The first-order valence-electron chi connectivity index (χ1n) is 11.7. The summed E-state index contributed by atoms with van der Waals surface area (Å²) in [7, 11) is 2.04. The molecule has 1 unspecified atom stereocenters. The number of nitrogens with one attached hydrogen (secondary N) is 2. The van der Waals surface area contributed by atoms with Gasteiger partial charge in [0.15, 0.2) is 5.78 Å². The minimum atomic E-state index is -0.282. The molecule has 176 valence electrons. The molecule has 0 saturated carbocycles. The van der Waals surface area contributed by atoms with Crippen LogP contribution in [0.15, 0.2) is 47.7 Å². The number of likely N-dealkylation sites (N-methyl/N-ethyl adjacent to an activating group) is 1. The van der Waals surface area contributed by atoms with Gasteiger partial charge in [-0.15, -0.1) is 0 Å². The van der Waals surface area contributed by atoms with Gasteiger partial charge < -0.3 is 15.5 Å². The summed E-state index contributed by atoms with van der Waals surface area (Å²) in [5, 5.41) is 8.35. The maximum atomic E-state index is 13.5. The van der Waals surface area contributed by atoms with Crippen molar-refractivity contribution in [3.05, 3.63) is 68.8 Å². The van der Waals surface area contributed by atoms with Crippen molar-refractivity contribution in [2.45, 2.75) is 59.0 Å². The largest absolute Gasteiger partial charge is 0.362 e. The molecule has 0 fully saturated rings. The molecule has 1 aliphatic heterocycles. The maximum absolute atomic E-state index is 13.5. The van der Waals surface area contributed by atoms with Crippen molar-refractivity contribution in [1.29, 1.82) is 0 Å². The van der Waals surface area contributed by atoms with E-state index in [1.165, 1.54) is 18.4 Å². The molecule has 2 N–H and O–H groups in total. The fourth-order valence-corrected chi connectivity index (χ4v) is 5.49. The summed E-state index contributed by atoms with van der Waals surface area (Å²) in [5.74, 6) is 0.172. The lowest BCUT2D eigenvalue weighted by molar-refractivity contribution is -0.118. The number of hydrogen-bond acceptors (Lipinski definition) is 4. The molecule has 2 aromatic rings.